The van der Waals surface area contributed by atoms with E-state index in [0.29, 0.717) is 4.99 Å². The Bertz CT molecular complexity index is 363. The molecule has 0 heterocycles. The van der Waals surface area contributed by atoms with Crippen molar-refractivity contribution < 1.29 is 4.74 Å². The summed E-state index contributed by atoms with van der Waals surface area (Å²) in [7, 11) is 0. The molecule has 3 heteroatoms. The average molecular weight is 237 g/mol. The number of hydrogen-bond donors (Lipinski definition) is 1. The topological polar surface area (TPSA) is 35.2 Å². The molecule has 0 aliphatic carbocycles. The van der Waals surface area contributed by atoms with Crippen LogP contribution >= 0.6 is 12.2 Å². The molecule has 0 unspecified atom stereocenters. The molecule has 0 saturated heterocycles. The summed E-state index contributed by atoms with van der Waals surface area (Å²) in [5.41, 5.74) is 7.95. The van der Waals surface area contributed by atoms with E-state index in [2.05, 4.69) is 26.0 Å². The van der Waals surface area contributed by atoms with Crippen LogP contribution in [0.15, 0.2) is 18.2 Å². The third-order valence-electron chi connectivity index (χ3n) is 2.32. The number of hydrogen-bond acceptors (Lipinski definition) is 2. The first-order valence-corrected chi connectivity index (χ1v) is 6.05. The van der Waals surface area contributed by atoms with Crippen molar-refractivity contribution in [2.24, 2.45) is 5.73 Å². The van der Waals surface area contributed by atoms with Crippen LogP contribution in [0.25, 0.3) is 0 Å². The van der Waals surface area contributed by atoms with Crippen LogP contribution in [0.4, 0.5) is 0 Å². The lowest BCUT2D eigenvalue weighted by Gasteiger charge is -2.11. The van der Waals surface area contributed by atoms with Gasteiger partial charge in [0.15, 0.2) is 0 Å². The zero-order chi connectivity index (χ0) is 12.0. The number of nitrogens with two attached hydrogens (primary N) is 1. The molecule has 2 N–H and O–H groups in total. The molecule has 0 aromatic heterocycles. The smallest absolute Gasteiger partial charge is 0.122 e. The van der Waals surface area contributed by atoms with E-state index in [0.717, 1.165) is 31.6 Å². The van der Waals surface area contributed by atoms with E-state index in [1.54, 1.807) is 0 Å². The molecule has 0 spiro atoms. The number of rotatable bonds is 6. The molecule has 0 atom stereocenters. The van der Waals surface area contributed by atoms with E-state index in [-0.39, 0.29) is 0 Å². The highest BCUT2D eigenvalue weighted by Crippen LogP contribution is 2.21. The molecule has 0 radical (unpaired) electrons. The number of benzene rings is 1. The second-order valence-corrected chi connectivity index (χ2v) is 4.45. The van der Waals surface area contributed by atoms with Crippen LogP contribution in [-0.4, -0.2) is 11.6 Å². The first kappa shape index (κ1) is 13.0. The molecule has 0 aliphatic rings. The van der Waals surface area contributed by atoms with Gasteiger partial charge in [-0.25, -0.2) is 0 Å². The molecule has 0 amide bonds. The van der Waals surface area contributed by atoms with Crippen LogP contribution in [0.1, 0.15) is 30.9 Å². The summed E-state index contributed by atoms with van der Waals surface area (Å²) in [6.07, 6.45) is 2.61. The number of ether oxygens (including phenoxy) is 1. The van der Waals surface area contributed by atoms with Crippen LogP contribution in [0.5, 0.6) is 5.75 Å². The summed E-state index contributed by atoms with van der Waals surface area (Å²) >= 11 is 4.90. The van der Waals surface area contributed by atoms with Gasteiger partial charge < -0.3 is 10.5 Å². The predicted octanol–water partition coefficient (Wildman–Crippen LogP) is 3.00. The second kappa shape index (κ2) is 6.48. The van der Waals surface area contributed by atoms with Gasteiger partial charge in [-0.3, -0.25) is 0 Å². The molecule has 0 bridgehead atoms. The van der Waals surface area contributed by atoms with E-state index < -0.39 is 0 Å². The second-order valence-electron chi connectivity index (χ2n) is 3.93. The van der Waals surface area contributed by atoms with Crippen molar-refractivity contribution in [2.75, 3.05) is 6.61 Å². The summed E-state index contributed by atoms with van der Waals surface area (Å²) in [6, 6.07) is 6.23. The van der Waals surface area contributed by atoms with Crippen molar-refractivity contribution in [3.63, 3.8) is 0 Å². The Morgan fingerprint density at radius 2 is 2.19 bits per heavy atom. The maximum Gasteiger partial charge on any atom is 0.122 e. The van der Waals surface area contributed by atoms with E-state index >= 15 is 0 Å². The molecule has 88 valence electrons. The van der Waals surface area contributed by atoms with Crippen molar-refractivity contribution >= 4 is 17.2 Å². The van der Waals surface area contributed by atoms with Gasteiger partial charge in [0.2, 0.25) is 0 Å². The Morgan fingerprint density at radius 3 is 2.81 bits per heavy atom. The Labute approximate surface area is 103 Å². The van der Waals surface area contributed by atoms with Crippen LogP contribution < -0.4 is 10.5 Å². The van der Waals surface area contributed by atoms with Crippen molar-refractivity contribution in [2.45, 2.75) is 33.1 Å². The minimum absolute atomic E-state index is 0.558. The highest BCUT2D eigenvalue weighted by molar-refractivity contribution is 7.80. The normalized spacial score (nSPS) is 10.1. The zero-order valence-electron chi connectivity index (χ0n) is 9.95. The van der Waals surface area contributed by atoms with Crippen molar-refractivity contribution in [1.82, 2.24) is 0 Å². The molecule has 1 rings (SSSR count). The molecular formula is C13H19NOS. The highest BCUT2D eigenvalue weighted by Gasteiger charge is 2.04. The fourth-order valence-electron chi connectivity index (χ4n) is 1.51. The molecule has 1 aromatic rings. The van der Waals surface area contributed by atoms with Gasteiger partial charge in [0.05, 0.1) is 11.6 Å². The summed E-state index contributed by atoms with van der Waals surface area (Å²) in [5, 5.41) is 0. The molecule has 0 fully saturated rings. The Morgan fingerprint density at radius 1 is 1.44 bits per heavy atom. The number of aryl methyl sites for hydroxylation is 2. The third kappa shape index (κ3) is 4.19. The minimum atomic E-state index is 0.558. The molecule has 1 aromatic carbocycles. The van der Waals surface area contributed by atoms with Crippen molar-refractivity contribution in [3.05, 3.63) is 29.3 Å². The van der Waals surface area contributed by atoms with Gasteiger partial charge in [-0.1, -0.05) is 36.8 Å². The van der Waals surface area contributed by atoms with Crippen LogP contribution in [-0.2, 0) is 6.42 Å². The standard InChI is InChI=1S/C13H19NOS/c1-3-8-15-12-6-4-10(2)9-11(12)5-7-13(14)16/h4,6,9H,3,5,7-8H2,1-2H3,(H2,14,16). The Balaban J connectivity index is 2.76. The first-order chi connectivity index (χ1) is 7.63. The Kier molecular flexibility index (Phi) is 5.26. The van der Waals surface area contributed by atoms with Gasteiger partial charge in [-0.15, -0.1) is 0 Å². The van der Waals surface area contributed by atoms with Crippen LogP contribution in [0, 0.1) is 6.92 Å². The highest BCUT2D eigenvalue weighted by atomic mass is 32.1. The van der Waals surface area contributed by atoms with Crippen LogP contribution in [0.2, 0.25) is 0 Å². The van der Waals surface area contributed by atoms with E-state index in [9.17, 15) is 0 Å². The van der Waals surface area contributed by atoms with Gasteiger partial charge in [0, 0.05) is 6.42 Å². The predicted molar refractivity (Wildman–Crippen MR) is 72.1 cm³/mol. The summed E-state index contributed by atoms with van der Waals surface area (Å²) in [6.45, 7) is 4.93. The zero-order valence-corrected chi connectivity index (χ0v) is 10.8. The average Bonchev–Trinajstić information content (AvgIpc) is 2.25. The monoisotopic (exact) mass is 237 g/mol. The first-order valence-electron chi connectivity index (χ1n) is 5.64. The number of thiocarbonyl (C=S) groups is 1. The SMILES string of the molecule is CCCOc1ccc(C)cc1CCC(N)=S. The van der Waals surface area contributed by atoms with Crippen molar-refractivity contribution in [3.8, 4) is 5.75 Å². The van der Waals surface area contributed by atoms with Gasteiger partial charge in [0.25, 0.3) is 0 Å². The molecular weight excluding hydrogens is 218 g/mol. The lowest BCUT2D eigenvalue weighted by atomic mass is 10.1. The van der Waals surface area contributed by atoms with Gasteiger partial charge in [0.1, 0.15) is 5.75 Å². The van der Waals surface area contributed by atoms with Crippen molar-refractivity contribution in [1.29, 1.82) is 0 Å². The summed E-state index contributed by atoms with van der Waals surface area (Å²) in [5.74, 6) is 0.962. The fourth-order valence-corrected chi connectivity index (χ4v) is 1.62. The quantitative estimate of drug-likeness (QED) is 0.772. The molecule has 2 nitrogen and oxygen atoms in total. The van der Waals surface area contributed by atoms with E-state index in [1.807, 2.05) is 6.07 Å². The van der Waals surface area contributed by atoms with Gasteiger partial charge in [-0.05, 0) is 31.4 Å². The molecule has 0 aliphatic heterocycles. The lowest BCUT2D eigenvalue weighted by Crippen LogP contribution is -2.09. The molecule has 0 saturated carbocycles. The third-order valence-corrected chi connectivity index (χ3v) is 2.52. The fraction of sp³-hybridized carbons (Fsp3) is 0.462. The largest absolute Gasteiger partial charge is 0.493 e. The summed E-state index contributed by atoms with van der Waals surface area (Å²) in [4.78, 5) is 0.558. The van der Waals surface area contributed by atoms with Crippen LogP contribution in [0.3, 0.4) is 0 Å². The van der Waals surface area contributed by atoms with E-state index in [4.69, 9.17) is 22.7 Å². The van der Waals surface area contributed by atoms with E-state index in [1.165, 1.54) is 11.1 Å². The lowest BCUT2D eigenvalue weighted by molar-refractivity contribution is 0.314. The summed E-state index contributed by atoms with van der Waals surface area (Å²) < 4.78 is 5.69. The van der Waals surface area contributed by atoms with Gasteiger partial charge in [-0.2, -0.15) is 0 Å². The Hall–Kier alpha value is -1.09. The maximum absolute atomic E-state index is 5.69. The van der Waals surface area contributed by atoms with Gasteiger partial charge >= 0.3 is 0 Å². The minimum Gasteiger partial charge on any atom is -0.493 e. The molecule has 16 heavy (non-hydrogen) atoms. The maximum atomic E-state index is 5.69.